The van der Waals surface area contributed by atoms with E-state index in [-0.39, 0.29) is 18.9 Å². The highest BCUT2D eigenvalue weighted by molar-refractivity contribution is 9.10. The van der Waals surface area contributed by atoms with Crippen molar-refractivity contribution in [2.24, 2.45) is 0 Å². The lowest BCUT2D eigenvalue weighted by atomic mass is 10.3. The van der Waals surface area contributed by atoms with E-state index in [2.05, 4.69) is 25.9 Å². The van der Waals surface area contributed by atoms with Gasteiger partial charge in [-0.2, -0.15) is 0 Å². The standard InChI is InChI=1S/C19H15BrN2O4/c20-17-12-21-13-22-18(17)19(23)25-11-10-24-14-6-8-16(9-7-14)26-15-4-2-1-3-5-15/h1-9,12-13H,10-11H2. The van der Waals surface area contributed by atoms with Crippen LogP contribution in [0, 0.1) is 0 Å². The molecule has 0 fully saturated rings. The predicted octanol–water partition coefficient (Wildman–Crippen LogP) is 4.27. The van der Waals surface area contributed by atoms with Gasteiger partial charge in [0.05, 0.1) is 4.47 Å². The molecule has 0 unspecified atom stereocenters. The van der Waals surface area contributed by atoms with Crippen LogP contribution in [0.3, 0.4) is 0 Å². The van der Waals surface area contributed by atoms with Crippen molar-refractivity contribution in [3.8, 4) is 17.2 Å². The molecule has 3 rings (SSSR count). The van der Waals surface area contributed by atoms with Crippen LogP contribution in [0.2, 0.25) is 0 Å². The van der Waals surface area contributed by atoms with Gasteiger partial charge in [-0.3, -0.25) is 0 Å². The van der Waals surface area contributed by atoms with Crippen molar-refractivity contribution >= 4 is 21.9 Å². The molecular formula is C19H15BrN2O4. The van der Waals surface area contributed by atoms with Crippen molar-refractivity contribution in [3.05, 3.63) is 77.3 Å². The number of esters is 1. The van der Waals surface area contributed by atoms with Gasteiger partial charge in [-0.25, -0.2) is 14.8 Å². The maximum atomic E-state index is 11.9. The Balaban J connectivity index is 1.44. The molecule has 1 heterocycles. The lowest BCUT2D eigenvalue weighted by molar-refractivity contribution is 0.0442. The first-order valence-corrected chi connectivity index (χ1v) is 8.60. The van der Waals surface area contributed by atoms with Gasteiger partial charge in [-0.15, -0.1) is 0 Å². The van der Waals surface area contributed by atoms with E-state index in [1.807, 2.05) is 42.5 Å². The molecule has 0 aliphatic rings. The molecule has 0 bridgehead atoms. The van der Waals surface area contributed by atoms with Crippen LogP contribution in [-0.2, 0) is 4.74 Å². The van der Waals surface area contributed by atoms with Crippen molar-refractivity contribution in [3.63, 3.8) is 0 Å². The number of ether oxygens (including phenoxy) is 3. The second kappa shape index (κ2) is 8.96. The minimum absolute atomic E-state index is 0.109. The van der Waals surface area contributed by atoms with Crippen LogP contribution < -0.4 is 9.47 Å². The number of hydrogen-bond donors (Lipinski definition) is 0. The highest BCUT2D eigenvalue weighted by Gasteiger charge is 2.12. The molecule has 0 spiro atoms. The summed E-state index contributed by atoms with van der Waals surface area (Å²) in [6.45, 7) is 0.338. The topological polar surface area (TPSA) is 70.5 Å². The van der Waals surface area contributed by atoms with E-state index < -0.39 is 5.97 Å². The Morgan fingerprint density at radius 1 is 0.923 bits per heavy atom. The Morgan fingerprint density at radius 2 is 1.62 bits per heavy atom. The average molecular weight is 415 g/mol. The van der Waals surface area contributed by atoms with Crippen LogP contribution in [0.1, 0.15) is 10.5 Å². The minimum atomic E-state index is -0.533. The van der Waals surface area contributed by atoms with E-state index in [4.69, 9.17) is 14.2 Å². The molecule has 0 radical (unpaired) electrons. The van der Waals surface area contributed by atoms with E-state index in [9.17, 15) is 4.79 Å². The van der Waals surface area contributed by atoms with Gasteiger partial charge in [-0.05, 0) is 52.3 Å². The summed E-state index contributed by atoms with van der Waals surface area (Å²) >= 11 is 3.20. The molecule has 2 aromatic carbocycles. The summed E-state index contributed by atoms with van der Waals surface area (Å²) in [5.74, 6) is 1.60. The number of hydrogen-bond acceptors (Lipinski definition) is 6. The van der Waals surface area contributed by atoms with Gasteiger partial charge in [0.2, 0.25) is 0 Å². The normalized spacial score (nSPS) is 10.2. The van der Waals surface area contributed by atoms with Gasteiger partial charge in [-0.1, -0.05) is 18.2 Å². The summed E-state index contributed by atoms with van der Waals surface area (Å²) in [5.41, 5.74) is 0.183. The smallest absolute Gasteiger partial charge is 0.358 e. The lowest BCUT2D eigenvalue weighted by Crippen LogP contribution is -2.14. The number of para-hydroxylation sites is 1. The highest BCUT2D eigenvalue weighted by Crippen LogP contribution is 2.23. The fourth-order valence-corrected chi connectivity index (χ4v) is 2.44. The van der Waals surface area contributed by atoms with Crippen molar-refractivity contribution in [2.75, 3.05) is 13.2 Å². The molecule has 0 aliphatic heterocycles. The number of nitrogens with zero attached hydrogens (tertiary/aromatic N) is 2. The Morgan fingerprint density at radius 3 is 2.35 bits per heavy atom. The van der Waals surface area contributed by atoms with E-state index >= 15 is 0 Å². The monoisotopic (exact) mass is 414 g/mol. The molecule has 0 aliphatic carbocycles. The maximum absolute atomic E-state index is 11.9. The van der Waals surface area contributed by atoms with Gasteiger partial charge in [0.1, 0.15) is 36.8 Å². The van der Waals surface area contributed by atoms with E-state index in [0.29, 0.717) is 16.0 Å². The van der Waals surface area contributed by atoms with Crippen LogP contribution in [0.4, 0.5) is 0 Å². The summed E-state index contributed by atoms with van der Waals surface area (Å²) in [6, 6.07) is 16.7. The van der Waals surface area contributed by atoms with Gasteiger partial charge in [0, 0.05) is 6.20 Å². The third kappa shape index (κ3) is 5.03. The second-order valence-corrected chi connectivity index (χ2v) is 5.94. The minimum Gasteiger partial charge on any atom is -0.490 e. The fraction of sp³-hybridized carbons (Fsp3) is 0.105. The second-order valence-electron chi connectivity index (χ2n) is 5.09. The predicted molar refractivity (Wildman–Crippen MR) is 98.5 cm³/mol. The van der Waals surface area contributed by atoms with E-state index in [0.717, 1.165) is 5.75 Å². The lowest BCUT2D eigenvalue weighted by Gasteiger charge is -2.09. The zero-order valence-corrected chi connectivity index (χ0v) is 15.3. The third-order valence-corrected chi connectivity index (χ3v) is 3.83. The van der Waals surface area contributed by atoms with Crippen molar-refractivity contribution in [1.29, 1.82) is 0 Å². The van der Waals surface area contributed by atoms with Crippen LogP contribution in [-0.4, -0.2) is 29.2 Å². The molecule has 6 nitrogen and oxygen atoms in total. The number of halogens is 1. The maximum Gasteiger partial charge on any atom is 0.358 e. The Bertz CT molecular complexity index is 857. The fourth-order valence-electron chi connectivity index (χ4n) is 2.05. The molecule has 0 saturated carbocycles. The van der Waals surface area contributed by atoms with Crippen LogP contribution in [0.5, 0.6) is 17.2 Å². The Labute approximate surface area is 158 Å². The Kier molecular flexibility index (Phi) is 6.16. The van der Waals surface area contributed by atoms with Gasteiger partial charge in [0.15, 0.2) is 5.69 Å². The SMILES string of the molecule is O=C(OCCOc1ccc(Oc2ccccc2)cc1)c1ncncc1Br. The molecule has 3 aromatic rings. The van der Waals surface area contributed by atoms with Gasteiger partial charge >= 0.3 is 5.97 Å². The van der Waals surface area contributed by atoms with Crippen molar-refractivity contribution in [2.45, 2.75) is 0 Å². The zero-order chi connectivity index (χ0) is 18.2. The number of benzene rings is 2. The van der Waals surface area contributed by atoms with Gasteiger partial charge in [0.25, 0.3) is 0 Å². The summed E-state index contributed by atoms with van der Waals surface area (Å²) in [5, 5.41) is 0. The van der Waals surface area contributed by atoms with E-state index in [1.165, 1.54) is 12.5 Å². The van der Waals surface area contributed by atoms with Crippen molar-refractivity contribution in [1.82, 2.24) is 9.97 Å². The summed E-state index contributed by atoms with van der Waals surface area (Å²) in [4.78, 5) is 19.5. The first-order valence-electron chi connectivity index (χ1n) is 7.81. The first kappa shape index (κ1) is 17.9. The Hall–Kier alpha value is -2.93. The molecule has 0 amide bonds. The third-order valence-electron chi connectivity index (χ3n) is 3.25. The molecule has 0 atom stereocenters. The number of carbonyl (C=O) groups is 1. The molecular weight excluding hydrogens is 400 g/mol. The summed E-state index contributed by atoms with van der Waals surface area (Å²) in [7, 11) is 0. The molecule has 0 saturated heterocycles. The summed E-state index contributed by atoms with van der Waals surface area (Å²) < 4.78 is 16.9. The van der Waals surface area contributed by atoms with Crippen LogP contribution in [0.15, 0.2) is 71.6 Å². The number of carbonyl (C=O) groups excluding carboxylic acids is 1. The average Bonchev–Trinajstić information content (AvgIpc) is 2.67. The first-order chi connectivity index (χ1) is 12.7. The van der Waals surface area contributed by atoms with Crippen LogP contribution >= 0.6 is 15.9 Å². The van der Waals surface area contributed by atoms with E-state index in [1.54, 1.807) is 12.1 Å². The highest BCUT2D eigenvalue weighted by atomic mass is 79.9. The van der Waals surface area contributed by atoms with Crippen LogP contribution in [0.25, 0.3) is 0 Å². The molecule has 0 N–H and O–H groups in total. The molecule has 26 heavy (non-hydrogen) atoms. The number of rotatable bonds is 7. The van der Waals surface area contributed by atoms with Crippen molar-refractivity contribution < 1.29 is 19.0 Å². The molecule has 7 heteroatoms. The molecule has 132 valence electrons. The van der Waals surface area contributed by atoms with Gasteiger partial charge < -0.3 is 14.2 Å². The zero-order valence-electron chi connectivity index (χ0n) is 13.7. The number of aromatic nitrogens is 2. The summed E-state index contributed by atoms with van der Waals surface area (Å²) in [6.07, 6.45) is 2.77. The quantitative estimate of drug-likeness (QED) is 0.424. The molecule has 1 aromatic heterocycles. The largest absolute Gasteiger partial charge is 0.490 e.